The van der Waals surface area contributed by atoms with Crippen molar-refractivity contribution >= 4 is 17.6 Å². The van der Waals surface area contributed by atoms with E-state index in [1.807, 2.05) is 61.7 Å². The van der Waals surface area contributed by atoms with Gasteiger partial charge in [-0.05, 0) is 37.3 Å². The van der Waals surface area contributed by atoms with Gasteiger partial charge < -0.3 is 15.4 Å². The summed E-state index contributed by atoms with van der Waals surface area (Å²) in [4.78, 5) is 12.1. The molecule has 0 aliphatic rings. The van der Waals surface area contributed by atoms with Gasteiger partial charge in [0.15, 0.2) is 0 Å². The summed E-state index contributed by atoms with van der Waals surface area (Å²) in [5.74, 6) is 0.782. The molecule has 2 N–H and O–H groups in total. The molecule has 0 saturated heterocycles. The minimum absolute atomic E-state index is 0.249. The normalized spacial score (nSPS) is 10.4. The van der Waals surface area contributed by atoms with Gasteiger partial charge in [-0.25, -0.2) is 9.48 Å². The van der Waals surface area contributed by atoms with Crippen molar-refractivity contribution in [3.05, 3.63) is 77.1 Å². The number of nitrogens with one attached hydrogen (secondary N) is 2. The Labute approximate surface area is 163 Å². The number of nitrogens with zero attached hydrogens (tertiary/aromatic N) is 2. The van der Waals surface area contributed by atoms with Gasteiger partial charge in [0.25, 0.3) is 0 Å². The molecule has 3 rings (SSSR count). The summed E-state index contributed by atoms with van der Waals surface area (Å²) in [6.45, 7) is 3.29. The summed E-state index contributed by atoms with van der Waals surface area (Å²) in [6, 6.07) is 14.8. The van der Waals surface area contributed by atoms with Crippen LogP contribution in [0.25, 0.3) is 5.69 Å². The molecule has 7 heteroatoms. The summed E-state index contributed by atoms with van der Waals surface area (Å²) < 4.78 is 7.30. The van der Waals surface area contributed by atoms with E-state index in [4.69, 9.17) is 16.3 Å². The summed E-state index contributed by atoms with van der Waals surface area (Å²) in [5, 5.41) is 10.7. The first-order chi connectivity index (χ1) is 13.2. The molecule has 2 aromatic carbocycles. The Kier molecular flexibility index (Phi) is 6.33. The molecular weight excluding hydrogens is 364 g/mol. The molecule has 0 spiro atoms. The van der Waals surface area contributed by atoms with Crippen LogP contribution in [-0.4, -0.2) is 22.4 Å². The fraction of sp³-hybridized carbons (Fsp3) is 0.200. The third kappa shape index (κ3) is 5.24. The molecule has 0 aliphatic heterocycles. The largest absolute Gasteiger partial charge is 0.494 e. The molecule has 0 radical (unpaired) electrons. The van der Waals surface area contributed by atoms with Crippen LogP contribution < -0.4 is 15.4 Å². The maximum Gasteiger partial charge on any atom is 0.315 e. The third-order valence-electron chi connectivity index (χ3n) is 3.89. The van der Waals surface area contributed by atoms with Crippen LogP contribution in [-0.2, 0) is 13.1 Å². The first-order valence-corrected chi connectivity index (χ1v) is 9.05. The lowest BCUT2D eigenvalue weighted by atomic mass is 10.2. The number of benzene rings is 2. The van der Waals surface area contributed by atoms with Crippen molar-refractivity contribution in [2.75, 3.05) is 6.61 Å². The molecule has 140 valence electrons. The van der Waals surface area contributed by atoms with Gasteiger partial charge in [-0.1, -0.05) is 29.8 Å². The number of hydrogen-bond donors (Lipinski definition) is 2. The number of amides is 2. The predicted octanol–water partition coefficient (Wildman–Crippen LogP) is 3.92. The number of urea groups is 1. The molecule has 0 fully saturated rings. The topological polar surface area (TPSA) is 68.2 Å². The van der Waals surface area contributed by atoms with Gasteiger partial charge in [-0.15, -0.1) is 0 Å². The lowest BCUT2D eigenvalue weighted by Crippen LogP contribution is -2.34. The second kappa shape index (κ2) is 9.09. The van der Waals surface area contributed by atoms with Gasteiger partial charge in [-0.3, -0.25) is 0 Å². The zero-order chi connectivity index (χ0) is 19.1. The van der Waals surface area contributed by atoms with Crippen molar-refractivity contribution in [2.24, 2.45) is 0 Å². The third-order valence-corrected chi connectivity index (χ3v) is 4.14. The summed E-state index contributed by atoms with van der Waals surface area (Å²) in [6.07, 6.45) is 3.59. The van der Waals surface area contributed by atoms with Gasteiger partial charge in [0.2, 0.25) is 0 Å². The van der Waals surface area contributed by atoms with E-state index in [0.717, 1.165) is 22.6 Å². The van der Waals surface area contributed by atoms with Crippen LogP contribution in [0, 0.1) is 0 Å². The Balaban J connectivity index is 1.50. The van der Waals surface area contributed by atoms with Crippen LogP contribution in [0.3, 0.4) is 0 Å². The average Bonchev–Trinajstić information content (AvgIpc) is 3.15. The summed E-state index contributed by atoms with van der Waals surface area (Å²) in [5.41, 5.74) is 2.74. The molecule has 3 aromatic rings. The highest BCUT2D eigenvalue weighted by Crippen LogP contribution is 2.17. The number of aromatic nitrogens is 2. The Morgan fingerprint density at radius 3 is 2.63 bits per heavy atom. The zero-order valence-electron chi connectivity index (χ0n) is 15.0. The highest BCUT2D eigenvalue weighted by atomic mass is 35.5. The van der Waals surface area contributed by atoms with Crippen LogP contribution in [0.4, 0.5) is 4.79 Å². The van der Waals surface area contributed by atoms with E-state index in [1.165, 1.54) is 0 Å². The van der Waals surface area contributed by atoms with Gasteiger partial charge in [-0.2, -0.15) is 5.10 Å². The van der Waals surface area contributed by atoms with Crippen LogP contribution in [0.15, 0.2) is 60.9 Å². The molecule has 0 unspecified atom stereocenters. The molecule has 2 amide bonds. The van der Waals surface area contributed by atoms with Gasteiger partial charge in [0.05, 0.1) is 18.5 Å². The van der Waals surface area contributed by atoms with E-state index in [-0.39, 0.29) is 6.03 Å². The van der Waals surface area contributed by atoms with Crippen molar-refractivity contribution in [3.8, 4) is 11.4 Å². The van der Waals surface area contributed by atoms with Crippen molar-refractivity contribution in [1.82, 2.24) is 20.4 Å². The lowest BCUT2D eigenvalue weighted by Gasteiger charge is -2.11. The number of carbonyl (C=O) groups is 1. The smallest absolute Gasteiger partial charge is 0.315 e. The van der Waals surface area contributed by atoms with Crippen LogP contribution in [0.5, 0.6) is 5.75 Å². The first-order valence-electron chi connectivity index (χ1n) is 8.67. The van der Waals surface area contributed by atoms with Crippen LogP contribution >= 0.6 is 11.6 Å². The van der Waals surface area contributed by atoms with Crippen LogP contribution in [0.2, 0.25) is 5.02 Å². The fourth-order valence-electron chi connectivity index (χ4n) is 2.55. The number of rotatable bonds is 7. The minimum atomic E-state index is -0.249. The molecular formula is C20H21ClN4O2. The Morgan fingerprint density at radius 1 is 1.11 bits per heavy atom. The molecule has 6 nitrogen and oxygen atoms in total. The maximum atomic E-state index is 12.1. The molecule has 0 bridgehead atoms. The molecule has 1 aromatic heterocycles. The first kappa shape index (κ1) is 18.8. The summed E-state index contributed by atoms with van der Waals surface area (Å²) >= 11 is 5.90. The molecule has 1 heterocycles. The number of ether oxygens (including phenoxy) is 1. The molecule has 0 atom stereocenters. The maximum absolute atomic E-state index is 12.1. The fourth-order valence-corrected chi connectivity index (χ4v) is 2.68. The van der Waals surface area contributed by atoms with E-state index in [0.29, 0.717) is 24.7 Å². The van der Waals surface area contributed by atoms with E-state index in [2.05, 4.69) is 15.7 Å². The highest BCUT2D eigenvalue weighted by molar-refractivity contribution is 6.30. The second-order valence-corrected chi connectivity index (χ2v) is 6.28. The van der Waals surface area contributed by atoms with E-state index >= 15 is 0 Å². The van der Waals surface area contributed by atoms with Crippen molar-refractivity contribution < 1.29 is 9.53 Å². The van der Waals surface area contributed by atoms with E-state index in [1.54, 1.807) is 10.9 Å². The summed E-state index contributed by atoms with van der Waals surface area (Å²) in [7, 11) is 0. The predicted molar refractivity (Wildman–Crippen MR) is 105 cm³/mol. The minimum Gasteiger partial charge on any atom is -0.494 e. The second-order valence-electron chi connectivity index (χ2n) is 5.85. The number of carbonyl (C=O) groups excluding carboxylic acids is 1. The highest BCUT2D eigenvalue weighted by Gasteiger charge is 2.06. The monoisotopic (exact) mass is 384 g/mol. The number of para-hydroxylation sites is 1. The Morgan fingerprint density at radius 2 is 1.85 bits per heavy atom. The number of halogens is 1. The molecule has 0 saturated carbocycles. The Hall–Kier alpha value is -2.99. The van der Waals surface area contributed by atoms with Gasteiger partial charge in [0.1, 0.15) is 5.75 Å². The molecule has 0 aliphatic carbocycles. The van der Waals surface area contributed by atoms with Crippen molar-refractivity contribution in [2.45, 2.75) is 20.0 Å². The Bertz CT molecular complexity index is 893. The standard InChI is InChI=1S/C20H21ClN4O2/c1-2-27-19-6-4-3-5-16(19)13-23-20(26)22-11-15-12-24-25(14-15)18-9-7-17(21)8-10-18/h3-10,12,14H,2,11,13H2,1H3,(H2,22,23,26). The average molecular weight is 385 g/mol. The van der Waals surface area contributed by atoms with E-state index in [9.17, 15) is 4.79 Å². The quantitative estimate of drug-likeness (QED) is 0.648. The lowest BCUT2D eigenvalue weighted by molar-refractivity contribution is 0.240. The van der Waals surface area contributed by atoms with Crippen molar-refractivity contribution in [3.63, 3.8) is 0 Å². The SMILES string of the molecule is CCOc1ccccc1CNC(=O)NCc1cnn(-c2ccc(Cl)cc2)c1. The van der Waals surface area contributed by atoms with Gasteiger partial charge >= 0.3 is 6.03 Å². The molecule has 27 heavy (non-hydrogen) atoms. The van der Waals surface area contributed by atoms with Crippen molar-refractivity contribution in [1.29, 1.82) is 0 Å². The number of hydrogen-bond acceptors (Lipinski definition) is 3. The van der Waals surface area contributed by atoms with E-state index < -0.39 is 0 Å². The zero-order valence-corrected chi connectivity index (χ0v) is 15.7. The van der Waals surface area contributed by atoms with Crippen LogP contribution in [0.1, 0.15) is 18.1 Å². The van der Waals surface area contributed by atoms with Gasteiger partial charge in [0, 0.05) is 35.4 Å².